The first-order chi connectivity index (χ1) is 23.3. The first-order valence-corrected chi connectivity index (χ1v) is 16.2. The van der Waals surface area contributed by atoms with Gasteiger partial charge in [0.05, 0.1) is 0 Å². The lowest BCUT2D eigenvalue weighted by molar-refractivity contribution is 0.673. The van der Waals surface area contributed by atoms with Gasteiger partial charge in [0.15, 0.2) is 0 Å². The molecular formula is C46H28O. The minimum Gasteiger partial charge on any atom is -0.455 e. The highest BCUT2D eigenvalue weighted by Crippen LogP contribution is 2.50. The first kappa shape index (κ1) is 26.1. The van der Waals surface area contributed by atoms with Crippen LogP contribution in [0.5, 0.6) is 0 Å². The summed E-state index contributed by atoms with van der Waals surface area (Å²) in [5.41, 5.74) is 9.22. The van der Waals surface area contributed by atoms with Gasteiger partial charge in [-0.3, -0.25) is 0 Å². The average Bonchev–Trinajstić information content (AvgIpc) is 3.52. The average molecular weight is 597 g/mol. The van der Waals surface area contributed by atoms with Gasteiger partial charge in [-0.25, -0.2) is 0 Å². The molecule has 1 nitrogen and oxygen atoms in total. The van der Waals surface area contributed by atoms with Crippen LogP contribution in [0.25, 0.3) is 98.4 Å². The second-order valence-electron chi connectivity index (χ2n) is 12.4. The van der Waals surface area contributed by atoms with Crippen molar-refractivity contribution in [3.63, 3.8) is 0 Å². The largest absolute Gasteiger partial charge is 0.455 e. The van der Waals surface area contributed by atoms with Crippen LogP contribution >= 0.6 is 0 Å². The Labute approximate surface area is 271 Å². The van der Waals surface area contributed by atoms with Gasteiger partial charge in [0.1, 0.15) is 11.2 Å². The Morgan fingerprint density at radius 2 is 0.872 bits per heavy atom. The topological polar surface area (TPSA) is 13.1 Å². The third-order valence-corrected chi connectivity index (χ3v) is 9.82. The van der Waals surface area contributed by atoms with Crippen molar-refractivity contribution in [2.75, 3.05) is 0 Å². The van der Waals surface area contributed by atoms with Crippen molar-refractivity contribution in [2.45, 2.75) is 0 Å². The fourth-order valence-electron chi connectivity index (χ4n) is 7.76. The molecule has 0 saturated carbocycles. The molecule has 9 aromatic carbocycles. The number of furan rings is 1. The van der Waals surface area contributed by atoms with Crippen molar-refractivity contribution in [3.8, 4) is 33.4 Å². The maximum absolute atomic E-state index is 6.83. The lowest BCUT2D eigenvalue weighted by Gasteiger charge is -2.20. The molecule has 47 heavy (non-hydrogen) atoms. The quantitative estimate of drug-likeness (QED) is 0.185. The fraction of sp³-hybridized carbons (Fsp3) is 0. The van der Waals surface area contributed by atoms with Crippen LogP contribution in [0, 0.1) is 0 Å². The third-order valence-electron chi connectivity index (χ3n) is 9.82. The van der Waals surface area contributed by atoms with Crippen LogP contribution in [-0.2, 0) is 0 Å². The van der Waals surface area contributed by atoms with Crippen molar-refractivity contribution in [2.24, 2.45) is 0 Å². The summed E-state index contributed by atoms with van der Waals surface area (Å²) >= 11 is 0. The second-order valence-corrected chi connectivity index (χ2v) is 12.4. The van der Waals surface area contributed by atoms with Crippen LogP contribution in [0.3, 0.4) is 0 Å². The van der Waals surface area contributed by atoms with Gasteiger partial charge >= 0.3 is 0 Å². The number of rotatable bonds is 3. The zero-order valence-corrected chi connectivity index (χ0v) is 25.6. The number of hydrogen-bond acceptors (Lipinski definition) is 1. The molecular weight excluding hydrogens is 569 g/mol. The summed E-state index contributed by atoms with van der Waals surface area (Å²) in [6.45, 7) is 0. The van der Waals surface area contributed by atoms with Crippen molar-refractivity contribution in [3.05, 3.63) is 170 Å². The minimum atomic E-state index is 0.912. The molecule has 0 amide bonds. The molecule has 0 fully saturated rings. The van der Waals surface area contributed by atoms with Crippen LogP contribution in [0.15, 0.2) is 174 Å². The van der Waals surface area contributed by atoms with Gasteiger partial charge < -0.3 is 4.42 Å². The van der Waals surface area contributed by atoms with Crippen LogP contribution < -0.4 is 0 Å². The van der Waals surface area contributed by atoms with Crippen molar-refractivity contribution in [1.82, 2.24) is 0 Å². The molecule has 10 aromatic rings. The smallest absolute Gasteiger partial charge is 0.143 e. The molecule has 10 rings (SSSR count). The van der Waals surface area contributed by atoms with E-state index in [4.69, 9.17) is 4.42 Å². The summed E-state index contributed by atoms with van der Waals surface area (Å²) in [5, 5.41) is 12.0. The molecule has 1 heteroatoms. The van der Waals surface area contributed by atoms with Crippen LogP contribution in [0.2, 0.25) is 0 Å². The monoisotopic (exact) mass is 596 g/mol. The highest BCUT2D eigenvalue weighted by molar-refractivity contribution is 6.31. The highest BCUT2D eigenvalue weighted by Gasteiger charge is 2.23. The van der Waals surface area contributed by atoms with Crippen LogP contribution in [-0.4, -0.2) is 0 Å². The predicted octanol–water partition coefficient (Wildman–Crippen LogP) is 13.2. The van der Waals surface area contributed by atoms with Crippen LogP contribution in [0.1, 0.15) is 0 Å². The third kappa shape index (κ3) is 3.90. The molecule has 0 saturated heterocycles. The molecule has 1 heterocycles. The summed E-state index contributed by atoms with van der Waals surface area (Å²) < 4.78 is 6.83. The molecule has 0 atom stereocenters. The van der Waals surface area contributed by atoms with E-state index in [0.717, 1.165) is 27.3 Å². The van der Waals surface area contributed by atoms with E-state index >= 15 is 0 Å². The number of fused-ring (bicyclic) bond motifs is 8. The van der Waals surface area contributed by atoms with Crippen molar-refractivity contribution >= 4 is 65.0 Å². The van der Waals surface area contributed by atoms with Gasteiger partial charge in [-0.2, -0.15) is 0 Å². The first-order valence-electron chi connectivity index (χ1n) is 16.2. The molecule has 0 spiro atoms. The normalized spacial score (nSPS) is 11.8. The number of hydrogen-bond donors (Lipinski definition) is 0. The van der Waals surface area contributed by atoms with E-state index in [1.54, 1.807) is 0 Å². The maximum Gasteiger partial charge on any atom is 0.143 e. The summed E-state index contributed by atoms with van der Waals surface area (Å²) in [6.07, 6.45) is 0. The standard InChI is InChI=1S/C46H28O/c1-3-13-29(14-4-1)32-24-25-38-40(27-32)42(31-16-5-2-6-17-31)36-21-11-12-22-37(36)43(38)45-34-19-9-8-18-33(34)28-41-44(45)39-26-23-30-15-7-10-20-35(30)46(39)47-41/h1-28H. The molecule has 218 valence electrons. The van der Waals surface area contributed by atoms with Gasteiger partial charge in [0.25, 0.3) is 0 Å². The lowest BCUT2D eigenvalue weighted by atomic mass is 9.82. The van der Waals surface area contributed by atoms with Crippen molar-refractivity contribution in [1.29, 1.82) is 0 Å². The molecule has 0 aliphatic heterocycles. The predicted molar refractivity (Wildman–Crippen MR) is 200 cm³/mol. The van der Waals surface area contributed by atoms with E-state index in [2.05, 4.69) is 170 Å². The van der Waals surface area contributed by atoms with Gasteiger partial charge in [-0.15, -0.1) is 0 Å². The Balaban J connectivity index is 1.44. The second kappa shape index (κ2) is 10.2. The van der Waals surface area contributed by atoms with Crippen LogP contribution in [0.4, 0.5) is 0 Å². The minimum absolute atomic E-state index is 0.912. The summed E-state index contributed by atoms with van der Waals surface area (Å²) in [4.78, 5) is 0. The summed E-state index contributed by atoms with van der Waals surface area (Å²) in [5.74, 6) is 0. The van der Waals surface area contributed by atoms with Crippen molar-refractivity contribution < 1.29 is 4.42 Å². The SMILES string of the molecule is c1ccc(-c2ccc3c(-c4c5ccccc5cc5oc6c7ccccc7ccc6c45)c4ccccc4c(-c4ccccc4)c3c2)cc1. The van der Waals surface area contributed by atoms with E-state index in [1.165, 1.54) is 71.1 Å². The van der Waals surface area contributed by atoms with Gasteiger partial charge in [0.2, 0.25) is 0 Å². The highest BCUT2D eigenvalue weighted by atomic mass is 16.3. The maximum atomic E-state index is 6.83. The molecule has 0 bridgehead atoms. The van der Waals surface area contributed by atoms with Gasteiger partial charge in [0, 0.05) is 21.7 Å². The lowest BCUT2D eigenvalue weighted by Crippen LogP contribution is -1.93. The van der Waals surface area contributed by atoms with E-state index in [0.29, 0.717) is 0 Å². The fourth-order valence-corrected chi connectivity index (χ4v) is 7.76. The molecule has 0 aliphatic carbocycles. The molecule has 1 aromatic heterocycles. The van der Waals surface area contributed by atoms with E-state index < -0.39 is 0 Å². The Hall–Kier alpha value is -6.18. The van der Waals surface area contributed by atoms with E-state index in [1.807, 2.05) is 0 Å². The van der Waals surface area contributed by atoms with Gasteiger partial charge in [-0.05, 0) is 83.7 Å². The zero-order chi connectivity index (χ0) is 30.9. The Morgan fingerprint density at radius 3 is 1.64 bits per heavy atom. The Kier molecular flexibility index (Phi) is 5.64. The van der Waals surface area contributed by atoms with E-state index in [-0.39, 0.29) is 0 Å². The Morgan fingerprint density at radius 1 is 0.298 bits per heavy atom. The molecule has 0 aliphatic rings. The Bertz CT molecular complexity index is 2820. The van der Waals surface area contributed by atoms with Gasteiger partial charge in [-0.1, -0.05) is 152 Å². The molecule has 0 radical (unpaired) electrons. The summed E-state index contributed by atoms with van der Waals surface area (Å²) in [6, 6.07) is 61.5. The summed E-state index contributed by atoms with van der Waals surface area (Å²) in [7, 11) is 0. The molecule has 0 unspecified atom stereocenters. The number of benzene rings is 9. The zero-order valence-electron chi connectivity index (χ0n) is 25.6. The molecule has 0 N–H and O–H groups in total. The van der Waals surface area contributed by atoms with E-state index in [9.17, 15) is 0 Å².